The fourth-order valence-electron chi connectivity index (χ4n) is 1.44. The van der Waals surface area contributed by atoms with Crippen molar-refractivity contribution in [3.8, 4) is 0 Å². The SMILES string of the molecule is Clc1ccc(SCCNCC2CC2)cc1Cl. The molecular weight excluding hydrogens is 261 g/mol. The lowest BCUT2D eigenvalue weighted by molar-refractivity contribution is 0.666. The first-order valence-electron chi connectivity index (χ1n) is 5.54. The van der Waals surface area contributed by atoms with Gasteiger partial charge in [0, 0.05) is 17.2 Å². The van der Waals surface area contributed by atoms with Gasteiger partial charge in [0.25, 0.3) is 0 Å². The number of hydrogen-bond acceptors (Lipinski definition) is 2. The third kappa shape index (κ3) is 4.17. The first kappa shape index (κ1) is 12.6. The Morgan fingerprint density at radius 1 is 1.25 bits per heavy atom. The number of hydrogen-bond donors (Lipinski definition) is 1. The Bertz CT molecular complexity index is 353. The molecule has 0 heterocycles. The highest BCUT2D eigenvalue weighted by Crippen LogP contribution is 2.28. The molecule has 0 unspecified atom stereocenters. The lowest BCUT2D eigenvalue weighted by atomic mass is 10.4. The van der Waals surface area contributed by atoms with Gasteiger partial charge in [0.2, 0.25) is 0 Å². The normalized spacial score (nSPS) is 15.4. The molecule has 1 saturated carbocycles. The Hall–Kier alpha value is 0.110. The summed E-state index contributed by atoms with van der Waals surface area (Å²) in [4.78, 5) is 1.18. The molecule has 0 saturated heterocycles. The molecule has 0 aromatic heterocycles. The molecule has 0 bridgehead atoms. The van der Waals surface area contributed by atoms with Crippen LogP contribution in [0.25, 0.3) is 0 Å². The van der Waals surface area contributed by atoms with Gasteiger partial charge in [-0.05, 0) is 43.5 Å². The van der Waals surface area contributed by atoms with Crippen LogP contribution in [0.4, 0.5) is 0 Å². The summed E-state index contributed by atoms with van der Waals surface area (Å²) < 4.78 is 0. The van der Waals surface area contributed by atoms with Gasteiger partial charge in [-0.3, -0.25) is 0 Å². The average molecular weight is 276 g/mol. The van der Waals surface area contributed by atoms with Gasteiger partial charge in [-0.25, -0.2) is 0 Å². The number of rotatable bonds is 6. The second kappa shape index (κ2) is 6.15. The average Bonchev–Trinajstić information content (AvgIpc) is 3.07. The number of halogens is 2. The molecule has 0 aliphatic heterocycles. The Kier molecular flexibility index (Phi) is 4.83. The summed E-state index contributed by atoms with van der Waals surface area (Å²) >= 11 is 13.6. The monoisotopic (exact) mass is 275 g/mol. The summed E-state index contributed by atoms with van der Waals surface area (Å²) in [5, 5.41) is 4.72. The van der Waals surface area contributed by atoms with Crippen molar-refractivity contribution in [2.75, 3.05) is 18.8 Å². The van der Waals surface area contributed by atoms with Crippen LogP contribution < -0.4 is 5.32 Å². The number of benzene rings is 1. The van der Waals surface area contributed by atoms with E-state index in [9.17, 15) is 0 Å². The molecule has 0 radical (unpaired) electrons. The molecule has 0 spiro atoms. The standard InChI is InChI=1S/C12H15Cl2NS/c13-11-4-3-10(7-12(11)14)16-6-5-15-8-9-1-2-9/h3-4,7,9,15H,1-2,5-6,8H2. The molecule has 1 aliphatic rings. The van der Waals surface area contributed by atoms with Crippen LogP contribution in [0.15, 0.2) is 23.1 Å². The van der Waals surface area contributed by atoms with Crippen LogP contribution in [-0.4, -0.2) is 18.8 Å². The van der Waals surface area contributed by atoms with E-state index in [0.717, 1.165) is 18.2 Å². The zero-order valence-corrected chi connectivity index (χ0v) is 11.3. The maximum absolute atomic E-state index is 5.94. The predicted molar refractivity (Wildman–Crippen MR) is 72.8 cm³/mol. The van der Waals surface area contributed by atoms with Crippen LogP contribution in [0.1, 0.15) is 12.8 Å². The van der Waals surface area contributed by atoms with Crippen LogP contribution in [0.5, 0.6) is 0 Å². The van der Waals surface area contributed by atoms with E-state index in [0.29, 0.717) is 10.0 Å². The van der Waals surface area contributed by atoms with Crippen molar-refractivity contribution < 1.29 is 0 Å². The minimum absolute atomic E-state index is 0.623. The Labute approximate surface area is 111 Å². The molecular formula is C12H15Cl2NS. The van der Waals surface area contributed by atoms with Crippen molar-refractivity contribution in [3.05, 3.63) is 28.2 Å². The van der Waals surface area contributed by atoms with E-state index in [1.165, 1.54) is 24.3 Å². The van der Waals surface area contributed by atoms with Crippen LogP contribution >= 0.6 is 35.0 Å². The first-order chi connectivity index (χ1) is 7.75. The van der Waals surface area contributed by atoms with Gasteiger partial charge in [0.1, 0.15) is 0 Å². The third-order valence-corrected chi connectivity index (χ3v) is 4.30. The van der Waals surface area contributed by atoms with E-state index < -0.39 is 0 Å². The molecule has 1 N–H and O–H groups in total. The van der Waals surface area contributed by atoms with Gasteiger partial charge < -0.3 is 5.32 Å². The molecule has 1 aromatic carbocycles. The Balaban J connectivity index is 1.65. The van der Waals surface area contributed by atoms with E-state index in [1.807, 2.05) is 30.0 Å². The van der Waals surface area contributed by atoms with Crippen LogP contribution in [0, 0.1) is 5.92 Å². The minimum atomic E-state index is 0.623. The first-order valence-corrected chi connectivity index (χ1v) is 7.28. The summed E-state index contributed by atoms with van der Waals surface area (Å²) in [5.74, 6) is 2.03. The number of thioether (sulfide) groups is 1. The Morgan fingerprint density at radius 3 is 2.75 bits per heavy atom. The fraction of sp³-hybridized carbons (Fsp3) is 0.500. The summed E-state index contributed by atoms with van der Waals surface area (Å²) in [6.45, 7) is 2.24. The number of nitrogens with one attached hydrogen (secondary N) is 1. The molecule has 1 aliphatic carbocycles. The zero-order chi connectivity index (χ0) is 11.4. The van der Waals surface area contributed by atoms with E-state index in [1.54, 1.807) is 0 Å². The van der Waals surface area contributed by atoms with Gasteiger partial charge in [0.05, 0.1) is 10.0 Å². The second-order valence-electron chi connectivity index (χ2n) is 4.07. The lowest BCUT2D eigenvalue weighted by Gasteiger charge is -2.04. The smallest absolute Gasteiger partial charge is 0.0603 e. The molecule has 1 aromatic rings. The molecule has 0 atom stereocenters. The molecule has 0 amide bonds. The highest BCUT2D eigenvalue weighted by Gasteiger charge is 2.19. The van der Waals surface area contributed by atoms with Gasteiger partial charge in [-0.1, -0.05) is 23.2 Å². The summed E-state index contributed by atoms with van der Waals surface area (Å²) in [6.07, 6.45) is 2.82. The maximum atomic E-state index is 5.94. The quantitative estimate of drug-likeness (QED) is 0.620. The van der Waals surface area contributed by atoms with Gasteiger partial charge in [0.15, 0.2) is 0 Å². The third-order valence-electron chi connectivity index (χ3n) is 2.57. The Morgan fingerprint density at radius 2 is 2.06 bits per heavy atom. The molecule has 4 heteroatoms. The van der Waals surface area contributed by atoms with Gasteiger partial charge in [-0.15, -0.1) is 11.8 Å². The summed E-state index contributed by atoms with van der Waals surface area (Å²) in [5.41, 5.74) is 0. The van der Waals surface area contributed by atoms with Crippen molar-refractivity contribution in [2.24, 2.45) is 5.92 Å². The highest BCUT2D eigenvalue weighted by molar-refractivity contribution is 7.99. The lowest BCUT2D eigenvalue weighted by Crippen LogP contribution is -2.19. The van der Waals surface area contributed by atoms with Crippen molar-refractivity contribution in [3.63, 3.8) is 0 Å². The van der Waals surface area contributed by atoms with Crippen LogP contribution in [0.3, 0.4) is 0 Å². The van der Waals surface area contributed by atoms with Gasteiger partial charge >= 0.3 is 0 Å². The zero-order valence-electron chi connectivity index (χ0n) is 9.01. The molecule has 2 rings (SSSR count). The minimum Gasteiger partial charge on any atom is -0.316 e. The predicted octanol–water partition coefficient (Wildman–Crippen LogP) is 4.09. The largest absolute Gasteiger partial charge is 0.316 e. The van der Waals surface area contributed by atoms with Crippen molar-refractivity contribution in [1.29, 1.82) is 0 Å². The summed E-state index contributed by atoms with van der Waals surface area (Å²) in [6, 6.07) is 5.79. The van der Waals surface area contributed by atoms with Crippen LogP contribution in [-0.2, 0) is 0 Å². The van der Waals surface area contributed by atoms with Crippen molar-refractivity contribution in [2.45, 2.75) is 17.7 Å². The summed E-state index contributed by atoms with van der Waals surface area (Å²) in [7, 11) is 0. The topological polar surface area (TPSA) is 12.0 Å². The molecule has 88 valence electrons. The van der Waals surface area contributed by atoms with Crippen molar-refractivity contribution in [1.82, 2.24) is 5.32 Å². The van der Waals surface area contributed by atoms with E-state index in [-0.39, 0.29) is 0 Å². The van der Waals surface area contributed by atoms with E-state index in [2.05, 4.69) is 5.32 Å². The van der Waals surface area contributed by atoms with Crippen molar-refractivity contribution >= 4 is 35.0 Å². The fourth-order valence-corrected chi connectivity index (χ4v) is 2.65. The van der Waals surface area contributed by atoms with E-state index in [4.69, 9.17) is 23.2 Å². The second-order valence-corrected chi connectivity index (χ2v) is 6.05. The maximum Gasteiger partial charge on any atom is 0.0603 e. The molecule has 1 fully saturated rings. The van der Waals surface area contributed by atoms with Gasteiger partial charge in [-0.2, -0.15) is 0 Å². The highest BCUT2D eigenvalue weighted by atomic mass is 35.5. The van der Waals surface area contributed by atoms with Crippen LogP contribution in [0.2, 0.25) is 10.0 Å². The van der Waals surface area contributed by atoms with E-state index >= 15 is 0 Å². The molecule has 1 nitrogen and oxygen atoms in total. The molecule has 16 heavy (non-hydrogen) atoms.